The van der Waals surface area contributed by atoms with E-state index < -0.39 is 5.60 Å². The van der Waals surface area contributed by atoms with Gasteiger partial charge in [0.15, 0.2) is 0 Å². The molecule has 0 saturated heterocycles. The van der Waals surface area contributed by atoms with E-state index in [0.717, 1.165) is 42.6 Å². The number of rotatable bonds is 2. The van der Waals surface area contributed by atoms with E-state index in [2.05, 4.69) is 25.7 Å². The zero-order valence-electron chi connectivity index (χ0n) is 21.2. The fraction of sp³-hybridized carbons (Fsp3) is 0.700. The zero-order chi connectivity index (χ0) is 24.1. The molecule has 1 aromatic rings. The molecule has 0 amide bonds. The summed E-state index contributed by atoms with van der Waals surface area (Å²) in [6, 6.07) is 7.20. The molecule has 1 N–H and O–H groups in total. The van der Waals surface area contributed by atoms with Crippen LogP contribution in [0.5, 0.6) is 5.75 Å². The zero-order valence-corrected chi connectivity index (χ0v) is 21.2. The number of carbonyl (C=O) groups is 1. The molecule has 4 heteroatoms. The number of carbonyl (C=O) groups excluding carboxylic acids is 1. The monoisotopic (exact) mass is 464 g/mol. The van der Waals surface area contributed by atoms with Crippen LogP contribution in [0.3, 0.4) is 0 Å². The second kappa shape index (κ2) is 8.68. The molecule has 0 aromatic heterocycles. The van der Waals surface area contributed by atoms with Gasteiger partial charge < -0.3 is 14.6 Å². The molecule has 0 unspecified atom stereocenters. The molecule has 1 aromatic carbocycles. The summed E-state index contributed by atoms with van der Waals surface area (Å²) in [6.45, 7) is 6.42. The molecule has 0 aliphatic heterocycles. The lowest BCUT2D eigenvalue weighted by Gasteiger charge is -2.61. The second-order valence-electron chi connectivity index (χ2n) is 12.1. The van der Waals surface area contributed by atoms with E-state index in [0.29, 0.717) is 28.6 Å². The fourth-order valence-corrected chi connectivity index (χ4v) is 8.66. The van der Waals surface area contributed by atoms with Crippen molar-refractivity contribution in [1.82, 2.24) is 0 Å². The molecular weight excluding hydrogens is 424 g/mol. The van der Waals surface area contributed by atoms with E-state index in [1.807, 2.05) is 19.2 Å². The predicted octanol–water partition coefficient (Wildman–Crippen LogP) is 5.75. The quantitative estimate of drug-likeness (QED) is 0.344. The number of hydrogen-bond donors (Lipinski definition) is 1. The lowest BCUT2D eigenvalue weighted by molar-refractivity contribution is -0.146. The highest BCUT2D eigenvalue weighted by Gasteiger charge is 2.61. The Morgan fingerprint density at radius 1 is 0.971 bits per heavy atom. The molecule has 0 spiro atoms. The number of esters is 1. The summed E-state index contributed by atoms with van der Waals surface area (Å²) in [5.41, 5.74) is 0.588. The van der Waals surface area contributed by atoms with Crippen molar-refractivity contribution in [3.8, 4) is 17.6 Å². The highest BCUT2D eigenvalue weighted by Crippen LogP contribution is 2.67. The minimum Gasteiger partial charge on any atom is -0.427 e. The first kappa shape index (κ1) is 23.9. The van der Waals surface area contributed by atoms with Gasteiger partial charge in [0, 0.05) is 19.6 Å². The van der Waals surface area contributed by atoms with Crippen LogP contribution < -0.4 is 4.74 Å². The van der Waals surface area contributed by atoms with E-state index in [1.54, 1.807) is 12.1 Å². The van der Waals surface area contributed by atoms with Crippen LogP contribution in [-0.2, 0) is 9.53 Å². The Bertz CT molecular complexity index is 989. The minimum atomic E-state index is -0.913. The van der Waals surface area contributed by atoms with Crippen LogP contribution in [0.25, 0.3) is 0 Å². The highest BCUT2D eigenvalue weighted by atomic mass is 16.5. The lowest BCUT2D eigenvalue weighted by Crippen LogP contribution is -2.56. The van der Waals surface area contributed by atoms with Gasteiger partial charge in [-0.2, -0.15) is 0 Å². The number of benzene rings is 1. The van der Waals surface area contributed by atoms with Gasteiger partial charge in [0.05, 0.1) is 6.10 Å². The van der Waals surface area contributed by atoms with Crippen molar-refractivity contribution in [2.45, 2.75) is 90.3 Å². The fourth-order valence-electron chi connectivity index (χ4n) is 8.66. The summed E-state index contributed by atoms with van der Waals surface area (Å²) in [5.74, 6) is 9.53. The maximum Gasteiger partial charge on any atom is 0.308 e. The number of hydrogen-bond acceptors (Lipinski definition) is 4. The molecule has 4 fully saturated rings. The normalized spacial score (nSPS) is 43.0. The molecule has 34 heavy (non-hydrogen) atoms. The summed E-state index contributed by atoms with van der Waals surface area (Å²) < 4.78 is 11.0. The average molecular weight is 465 g/mol. The van der Waals surface area contributed by atoms with Crippen molar-refractivity contribution in [3.05, 3.63) is 29.8 Å². The lowest BCUT2D eigenvalue weighted by atomic mass is 9.44. The first-order valence-corrected chi connectivity index (χ1v) is 13.2. The summed E-state index contributed by atoms with van der Waals surface area (Å²) in [6.07, 6.45) is 10.7. The van der Waals surface area contributed by atoms with Crippen molar-refractivity contribution >= 4 is 5.97 Å². The van der Waals surface area contributed by atoms with Crippen LogP contribution >= 0.6 is 0 Å². The number of methoxy groups -OCH3 is 1. The standard InChI is InChI=1S/C30H40O4/c1-20(31)34-23-8-5-21(6-9-23)13-16-30(32)18-17-28(2)22(19-30)7-10-24-25-11-12-27(33-4)29(25,3)15-14-26(24)28/h5-6,8-9,22,24-27,32H,7,10-12,14-15,17-19H2,1-4H3/t22-,24+,25+,26+,27+,28+,29+,30-/m1/s1. The van der Waals surface area contributed by atoms with Crippen LogP contribution in [-0.4, -0.2) is 29.9 Å². The van der Waals surface area contributed by atoms with E-state index in [4.69, 9.17) is 9.47 Å². The largest absolute Gasteiger partial charge is 0.427 e. The molecule has 4 aliphatic carbocycles. The third-order valence-electron chi connectivity index (χ3n) is 10.5. The Labute approximate surface area is 204 Å². The van der Waals surface area contributed by atoms with Gasteiger partial charge in [-0.3, -0.25) is 4.79 Å². The van der Waals surface area contributed by atoms with E-state index in [-0.39, 0.29) is 5.97 Å². The molecular formula is C30H40O4. The van der Waals surface area contributed by atoms with Gasteiger partial charge in [-0.1, -0.05) is 25.7 Å². The molecule has 5 rings (SSSR count). The first-order chi connectivity index (χ1) is 16.2. The molecule has 4 aliphatic rings. The van der Waals surface area contributed by atoms with Crippen molar-refractivity contribution in [2.75, 3.05) is 7.11 Å². The highest BCUT2D eigenvalue weighted by molar-refractivity contribution is 5.69. The van der Waals surface area contributed by atoms with Crippen LogP contribution in [0.2, 0.25) is 0 Å². The molecule has 184 valence electrons. The molecule has 0 heterocycles. The van der Waals surface area contributed by atoms with E-state index in [1.165, 1.54) is 45.4 Å². The van der Waals surface area contributed by atoms with Crippen LogP contribution in [0.4, 0.5) is 0 Å². The Kier molecular flexibility index (Phi) is 6.10. The summed E-state index contributed by atoms with van der Waals surface area (Å²) >= 11 is 0. The second-order valence-corrected chi connectivity index (χ2v) is 12.1. The Balaban J connectivity index is 1.29. The van der Waals surface area contributed by atoms with Crippen molar-refractivity contribution in [1.29, 1.82) is 0 Å². The Hall–Kier alpha value is -1.83. The molecule has 8 atom stereocenters. The van der Waals surface area contributed by atoms with Crippen LogP contribution in [0.15, 0.2) is 24.3 Å². The van der Waals surface area contributed by atoms with Crippen LogP contribution in [0.1, 0.15) is 84.1 Å². The van der Waals surface area contributed by atoms with Gasteiger partial charge in [-0.25, -0.2) is 0 Å². The van der Waals surface area contributed by atoms with Crippen molar-refractivity contribution in [3.63, 3.8) is 0 Å². The third-order valence-corrected chi connectivity index (χ3v) is 10.5. The van der Waals surface area contributed by atoms with Crippen molar-refractivity contribution in [2.24, 2.45) is 34.5 Å². The molecule has 0 bridgehead atoms. The number of aliphatic hydroxyl groups is 1. The van der Waals surface area contributed by atoms with Gasteiger partial charge in [0.25, 0.3) is 0 Å². The maximum absolute atomic E-state index is 11.5. The van der Waals surface area contributed by atoms with E-state index in [9.17, 15) is 9.90 Å². The Morgan fingerprint density at radius 3 is 2.41 bits per heavy atom. The number of fused-ring (bicyclic) bond motifs is 5. The third kappa shape index (κ3) is 3.99. The SMILES string of the molecule is CO[C@H]1CC[C@H]2[C@@H]3CC[C@@H]4C[C@@](O)(C#Cc5ccc(OC(C)=O)cc5)CC[C@]4(C)[C@H]3CC[C@]12C. The number of ether oxygens (including phenoxy) is 2. The molecule has 4 saturated carbocycles. The topological polar surface area (TPSA) is 55.8 Å². The summed E-state index contributed by atoms with van der Waals surface area (Å²) in [5, 5.41) is 11.5. The van der Waals surface area contributed by atoms with Gasteiger partial charge in [0.1, 0.15) is 11.4 Å². The average Bonchev–Trinajstić information content (AvgIpc) is 3.15. The Morgan fingerprint density at radius 2 is 1.71 bits per heavy atom. The molecule has 0 radical (unpaired) electrons. The minimum absolute atomic E-state index is 0.314. The van der Waals surface area contributed by atoms with E-state index >= 15 is 0 Å². The first-order valence-electron chi connectivity index (χ1n) is 13.2. The van der Waals surface area contributed by atoms with Crippen LogP contribution in [0, 0.1) is 46.3 Å². The van der Waals surface area contributed by atoms with Crippen molar-refractivity contribution < 1.29 is 19.4 Å². The maximum atomic E-state index is 11.5. The van der Waals surface area contributed by atoms with Gasteiger partial charge in [0.2, 0.25) is 0 Å². The summed E-state index contributed by atoms with van der Waals surface area (Å²) in [7, 11) is 1.90. The molecule has 4 nitrogen and oxygen atoms in total. The van der Waals surface area contributed by atoms with Gasteiger partial charge in [-0.15, -0.1) is 0 Å². The predicted molar refractivity (Wildman–Crippen MR) is 132 cm³/mol. The van der Waals surface area contributed by atoms with Gasteiger partial charge in [-0.05, 0) is 117 Å². The summed E-state index contributed by atoms with van der Waals surface area (Å²) in [4.78, 5) is 11.1. The van der Waals surface area contributed by atoms with Gasteiger partial charge >= 0.3 is 5.97 Å². The smallest absolute Gasteiger partial charge is 0.308 e.